The van der Waals surface area contributed by atoms with Crippen LogP contribution in [0.2, 0.25) is 19.6 Å². The average Bonchev–Trinajstić information content (AvgIpc) is 2.62. The van der Waals surface area contributed by atoms with Crippen LogP contribution in [-0.2, 0) is 9.84 Å². The molecule has 0 amide bonds. The minimum absolute atomic E-state index is 0.0697. The first-order valence-electron chi connectivity index (χ1n) is 9.45. The fraction of sp³-hybridized carbons (Fsp3) is 0.292. The second-order valence-electron chi connectivity index (χ2n) is 8.76. The number of allylic oxidation sites excluding steroid dienone is 1. The molecule has 0 saturated heterocycles. The molecule has 0 saturated carbocycles. The molecule has 0 radical (unpaired) electrons. The van der Waals surface area contributed by atoms with E-state index in [2.05, 4.69) is 69.6 Å². The van der Waals surface area contributed by atoms with Crippen molar-refractivity contribution in [2.45, 2.75) is 45.3 Å². The Bertz CT molecular complexity index is 997. The van der Waals surface area contributed by atoms with Gasteiger partial charge in [-0.25, -0.2) is 4.79 Å². The van der Waals surface area contributed by atoms with Crippen molar-refractivity contribution < 1.29 is 14.3 Å². The molecule has 0 unspecified atom stereocenters. The van der Waals surface area contributed by atoms with Crippen LogP contribution in [0.25, 0.3) is 5.76 Å². The Morgan fingerprint density at radius 3 is 2.25 bits per heavy atom. The van der Waals surface area contributed by atoms with E-state index < -0.39 is 14.3 Å². The van der Waals surface area contributed by atoms with Gasteiger partial charge in [0.1, 0.15) is 5.76 Å². The summed E-state index contributed by atoms with van der Waals surface area (Å²) in [4.78, 5) is 11.0. The van der Waals surface area contributed by atoms with Gasteiger partial charge in [0.25, 0.3) is 0 Å². The zero-order chi connectivity index (χ0) is 20.5. The first-order chi connectivity index (χ1) is 13.0. The summed E-state index contributed by atoms with van der Waals surface area (Å²) in [6.07, 6.45) is 3.17. The number of carboxylic acids is 1. The summed E-state index contributed by atoms with van der Waals surface area (Å²) in [7, 11) is -1.71. The zero-order valence-electron chi connectivity index (χ0n) is 17.1. The lowest BCUT2D eigenvalue weighted by molar-refractivity contribution is 0.0697. The van der Waals surface area contributed by atoms with Crippen LogP contribution >= 0.6 is 0 Å². The van der Waals surface area contributed by atoms with Crippen molar-refractivity contribution in [2.24, 2.45) is 0 Å². The van der Waals surface area contributed by atoms with Crippen LogP contribution in [0.4, 0.5) is 0 Å². The molecule has 0 fully saturated rings. The standard InChI is InChI=1S/C24H26O3Si/c1-24(2)15-14-22(27-28(3,4)5)20-16-18(10-13-21(20)24)7-6-17-8-11-19(12-9-17)23(25)26/h8-14,16H,15H2,1-5H3,(H,25,26). The minimum atomic E-state index is -1.71. The number of hydrogen-bond donors (Lipinski definition) is 1. The van der Waals surface area contributed by atoms with Gasteiger partial charge >= 0.3 is 5.97 Å². The molecule has 0 aliphatic heterocycles. The summed E-state index contributed by atoms with van der Waals surface area (Å²) in [5, 5.41) is 8.99. The van der Waals surface area contributed by atoms with E-state index in [0.717, 1.165) is 28.9 Å². The van der Waals surface area contributed by atoms with Crippen molar-refractivity contribution in [3.8, 4) is 11.8 Å². The van der Waals surface area contributed by atoms with Crippen LogP contribution in [0.1, 0.15) is 52.9 Å². The largest absolute Gasteiger partial charge is 0.544 e. The van der Waals surface area contributed by atoms with Gasteiger partial charge in [-0.2, -0.15) is 0 Å². The fourth-order valence-corrected chi connectivity index (χ4v) is 4.10. The van der Waals surface area contributed by atoms with Gasteiger partial charge in [0.15, 0.2) is 0 Å². The number of carbonyl (C=O) groups is 1. The molecule has 0 heterocycles. The van der Waals surface area contributed by atoms with Crippen LogP contribution in [0.3, 0.4) is 0 Å². The normalized spacial score (nSPS) is 15.0. The molecule has 144 valence electrons. The molecule has 0 bridgehead atoms. The highest BCUT2D eigenvalue weighted by atomic mass is 28.4. The summed E-state index contributed by atoms with van der Waals surface area (Å²) >= 11 is 0. The summed E-state index contributed by atoms with van der Waals surface area (Å²) in [5.41, 5.74) is 4.47. The number of carboxylic acid groups (broad SMARTS) is 1. The Morgan fingerprint density at radius 2 is 1.64 bits per heavy atom. The SMILES string of the molecule is CC1(C)CC=C(O[Si](C)(C)C)c2cc(C#Cc3ccc(C(=O)O)cc3)ccc21. The van der Waals surface area contributed by atoms with Gasteiger partial charge in [-0.3, -0.25) is 0 Å². The quantitative estimate of drug-likeness (QED) is 0.543. The Hall–Kier alpha value is -2.77. The molecular weight excluding hydrogens is 364 g/mol. The van der Waals surface area contributed by atoms with Crippen LogP contribution in [0.15, 0.2) is 48.5 Å². The number of hydrogen-bond acceptors (Lipinski definition) is 2. The summed E-state index contributed by atoms with van der Waals surface area (Å²) in [5.74, 6) is 6.37. The molecule has 3 rings (SSSR count). The third-order valence-corrected chi connectivity index (χ3v) is 5.54. The maximum Gasteiger partial charge on any atom is 0.335 e. The van der Waals surface area contributed by atoms with Crippen LogP contribution in [0.5, 0.6) is 0 Å². The molecule has 3 nitrogen and oxygen atoms in total. The minimum Gasteiger partial charge on any atom is -0.544 e. The van der Waals surface area contributed by atoms with Crippen LogP contribution in [-0.4, -0.2) is 19.4 Å². The molecule has 0 spiro atoms. The van der Waals surface area contributed by atoms with Crippen molar-refractivity contribution in [3.63, 3.8) is 0 Å². The monoisotopic (exact) mass is 390 g/mol. The van der Waals surface area contributed by atoms with E-state index in [4.69, 9.17) is 9.53 Å². The maximum absolute atomic E-state index is 11.0. The summed E-state index contributed by atoms with van der Waals surface area (Å²) in [6, 6.07) is 12.9. The van der Waals surface area contributed by atoms with Crippen molar-refractivity contribution >= 4 is 20.0 Å². The van der Waals surface area contributed by atoms with Crippen molar-refractivity contribution in [1.29, 1.82) is 0 Å². The highest BCUT2D eigenvalue weighted by Crippen LogP contribution is 2.40. The van der Waals surface area contributed by atoms with Gasteiger partial charge in [-0.15, -0.1) is 0 Å². The Morgan fingerprint density at radius 1 is 1.04 bits per heavy atom. The molecule has 2 aromatic carbocycles. The lowest BCUT2D eigenvalue weighted by atomic mass is 9.75. The van der Waals surface area contributed by atoms with Gasteiger partial charge in [0, 0.05) is 16.7 Å². The van der Waals surface area contributed by atoms with E-state index in [1.165, 1.54) is 5.56 Å². The lowest BCUT2D eigenvalue weighted by Gasteiger charge is -2.34. The molecule has 0 aromatic heterocycles. The average molecular weight is 391 g/mol. The van der Waals surface area contributed by atoms with Crippen LogP contribution < -0.4 is 0 Å². The molecule has 0 atom stereocenters. The van der Waals surface area contributed by atoms with E-state index >= 15 is 0 Å². The summed E-state index contributed by atoms with van der Waals surface area (Å²) < 4.78 is 6.35. The fourth-order valence-electron chi connectivity index (χ4n) is 3.25. The third kappa shape index (κ3) is 4.55. The number of aromatic carboxylic acids is 1. The highest BCUT2D eigenvalue weighted by molar-refractivity contribution is 6.70. The first kappa shape index (κ1) is 20.0. The van der Waals surface area contributed by atoms with E-state index in [-0.39, 0.29) is 11.0 Å². The molecule has 1 aliphatic carbocycles. The predicted octanol–water partition coefficient (Wildman–Crippen LogP) is 5.66. The molecular formula is C24H26O3Si. The first-order valence-corrected chi connectivity index (χ1v) is 12.9. The lowest BCUT2D eigenvalue weighted by Crippen LogP contribution is -2.28. The van der Waals surface area contributed by atoms with E-state index in [9.17, 15) is 4.79 Å². The number of fused-ring (bicyclic) bond motifs is 1. The van der Waals surface area contributed by atoms with Crippen molar-refractivity contribution in [2.75, 3.05) is 0 Å². The summed E-state index contributed by atoms with van der Waals surface area (Å²) in [6.45, 7) is 11.1. The Labute approximate surface area is 168 Å². The highest BCUT2D eigenvalue weighted by Gasteiger charge is 2.30. The van der Waals surface area contributed by atoms with Crippen molar-refractivity contribution in [1.82, 2.24) is 0 Å². The van der Waals surface area contributed by atoms with Crippen molar-refractivity contribution in [3.05, 3.63) is 76.4 Å². The zero-order valence-corrected chi connectivity index (χ0v) is 18.1. The Kier molecular flexibility index (Phi) is 5.23. The predicted molar refractivity (Wildman–Crippen MR) is 116 cm³/mol. The topological polar surface area (TPSA) is 46.5 Å². The van der Waals surface area contributed by atoms with Gasteiger partial charge in [0.2, 0.25) is 8.32 Å². The van der Waals surface area contributed by atoms with E-state index in [0.29, 0.717) is 0 Å². The smallest absolute Gasteiger partial charge is 0.335 e. The van der Waals surface area contributed by atoms with Gasteiger partial charge < -0.3 is 9.53 Å². The van der Waals surface area contributed by atoms with Gasteiger partial charge in [-0.05, 0) is 79.5 Å². The molecule has 4 heteroatoms. The number of benzene rings is 2. The van der Waals surface area contributed by atoms with E-state index in [1.54, 1.807) is 24.3 Å². The van der Waals surface area contributed by atoms with Gasteiger partial charge in [0.05, 0.1) is 5.56 Å². The van der Waals surface area contributed by atoms with Gasteiger partial charge in [-0.1, -0.05) is 31.8 Å². The second kappa shape index (κ2) is 7.33. The molecule has 28 heavy (non-hydrogen) atoms. The second-order valence-corrected chi connectivity index (χ2v) is 13.2. The Balaban J connectivity index is 1.95. The molecule has 2 aromatic rings. The number of rotatable bonds is 3. The third-order valence-electron chi connectivity index (χ3n) is 4.71. The van der Waals surface area contributed by atoms with E-state index in [1.807, 2.05) is 0 Å². The molecule has 1 aliphatic rings. The maximum atomic E-state index is 11.0. The van der Waals surface area contributed by atoms with Crippen LogP contribution in [0, 0.1) is 11.8 Å². The molecule has 1 N–H and O–H groups in total.